The molecule has 0 saturated heterocycles. The number of rotatable bonds is 2. The summed E-state index contributed by atoms with van der Waals surface area (Å²) in [4.78, 5) is 4.25. The summed E-state index contributed by atoms with van der Waals surface area (Å²) in [6.45, 7) is 4.34. The van der Waals surface area contributed by atoms with E-state index in [2.05, 4.69) is 30.0 Å². The quantitative estimate of drug-likeness (QED) is 0.747. The highest BCUT2D eigenvalue weighted by Crippen LogP contribution is 2.21. The van der Waals surface area contributed by atoms with Crippen molar-refractivity contribution in [2.24, 2.45) is 7.05 Å². The lowest BCUT2D eigenvalue weighted by atomic mass is 10.0. The Hall–Kier alpha value is -1.64. The molecule has 0 aliphatic rings. The van der Waals surface area contributed by atoms with E-state index in [0.29, 0.717) is 5.92 Å². The summed E-state index contributed by atoms with van der Waals surface area (Å²) in [7, 11) is 1.92. The molecule has 3 nitrogen and oxygen atoms in total. The molecule has 3 heteroatoms. The predicted molar refractivity (Wildman–Crippen MR) is 60.5 cm³/mol. The normalized spacial score (nSPS) is 10.9. The van der Waals surface area contributed by atoms with Crippen molar-refractivity contribution in [3.8, 4) is 11.1 Å². The molecular weight excluding hydrogens is 186 g/mol. The van der Waals surface area contributed by atoms with Crippen LogP contribution in [0.4, 0.5) is 0 Å². The highest BCUT2D eigenvalue weighted by Gasteiger charge is 2.04. The van der Waals surface area contributed by atoms with E-state index in [1.807, 2.05) is 31.8 Å². The van der Waals surface area contributed by atoms with Crippen molar-refractivity contribution in [1.82, 2.24) is 14.8 Å². The van der Waals surface area contributed by atoms with Gasteiger partial charge in [-0.1, -0.05) is 13.8 Å². The van der Waals surface area contributed by atoms with Crippen LogP contribution in [0, 0.1) is 0 Å². The maximum absolute atomic E-state index is 4.25. The summed E-state index contributed by atoms with van der Waals surface area (Å²) in [6, 6.07) is 2.18. The topological polar surface area (TPSA) is 30.7 Å². The number of aromatic nitrogens is 3. The van der Waals surface area contributed by atoms with Crippen LogP contribution in [-0.2, 0) is 7.05 Å². The van der Waals surface area contributed by atoms with Gasteiger partial charge in [0.05, 0.1) is 6.20 Å². The minimum Gasteiger partial charge on any atom is -0.275 e. The predicted octanol–water partition coefficient (Wildman–Crippen LogP) is 2.61. The van der Waals surface area contributed by atoms with Crippen LogP contribution in [0.3, 0.4) is 0 Å². The Kier molecular flexibility index (Phi) is 2.54. The van der Waals surface area contributed by atoms with E-state index >= 15 is 0 Å². The highest BCUT2D eigenvalue weighted by molar-refractivity contribution is 5.61. The Morgan fingerprint density at radius 2 is 1.93 bits per heavy atom. The third-order valence-corrected chi connectivity index (χ3v) is 2.46. The van der Waals surface area contributed by atoms with Gasteiger partial charge in [-0.3, -0.25) is 9.67 Å². The van der Waals surface area contributed by atoms with Gasteiger partial charge < -0.3 is 0 Å². The maximum atomic E-state index is 4.25. The standard InChI is InChI=1S/C12H15N3/c1-9(2)10-4-11(6-13-5-10)12-7-14-15(3)8-12/h4-9H,1-3H3. The van der Waals surface area contributed by atoms with Crippen LogP contribution in [0.5, 0.6) is 0 Å². The molecule has 0 aliphatic heterocycles. The Morgan fingerprint density at radius 3 is 2.53 bits per heavy atom. The van der Waals surface area contributed by atoms with Crippen LogP contribution < -0.4 is 0 Å². The Labute approximate surface area is 89.8 Å². The first-order valence-electron chi connectivity index (χ1n) is 5.11. The average Bonchev–Trinajstić information content (AvgIpc) is 2.65. The van der Waals surface area contributed by atoms with Gasteiger partial charge in [-0.2, -0.15) is 5.10 Å². The zero-order chi connectivity index (χ0) is 10.8. The fraction of sp³-hybridized carbons (Fsp3) is 0.333. The lowest BCUT2D eigenvalue weighted by molar-refractivity contribution is 0.768. The second-order valence-electron chi connectivity index (χ2n) is 4.06. The zero-order valence-corrected chi connectivity index (χ0v) is 9.31. The molecule has 0 unspecified atom stereocenters. The van der Waals surface area contributed by atoms with E-state index in [9.17, 15) is 0 Å². The molecule has 2 aromatic rings. The Bertz CT molecular complexity index is 457. The number of nitrogens with zero attached hydrogens (tertiary/aromatic N) is 3. The number of hydrogen-bond donors (Lipinski definition) is 0. The van der Waals surface area contributed by atoms with Crippen molar-refractivity contribution in [1.29, 1.82) is 0 Å². The molecule has 2 heterocycles. The third-order valence-electron chi connectivity index (χ3n) is 2.46. The van der Waals surface area contributed by atoms with Gasteiger partial charge in [-0.15, -0.1) is 0 Å². The van der Waals surface area contributed by atoms with E-state index in [1.54, 1.807) is 4.68 Å². The largest absolute Gasteiger partial charge is 0.275 e. The Balaban J connectivity index is 2.41. The molecule has 0 aliphatic carbocycles. The summed E-state index contributed by atoms with van der Waals surface area (Å²) >= 11 is 0. The fourth-order valence-electron chi connectivity index (χ4n) is 1.50. The van der Waals surface area contributed by atoms with Gasteiger partial charge >= 0.3 is 0 Å². The molecule has 0 N–H and O–H groups in total. The van der Waals surface area contributed by atoms with Gasteiger partial charge in [-0.05, 0) is 17.5 Å². The molecule has 0 radical (unpaired) electrons. The summed E-state index contributed by atoms with van der Waals surface area (Å²) in [6.07, 6.45) is 7.66. The lowest BCUT2D eigenvalue weighted by Crippen LogP contribution is -1.89. The van der Waals surface area contributed by atoms with Crippen LogP contribution >= 0.6 is 0 Å². The van der Waals surface area contributed by atoms with E-state index < -0.39 is 0 Å². The van der Waals surface area contributed by atoms with Crippen molar-refractivity contribution < 1.29 is 0 Å². The van der Waals surface area contributed by atoms with Gasteiger partial charge in [0.2, 0.25) is 0 Å². The van der Waals surface area contributed by atoms with Gasteiger partial charge in [0.1, 0.15) is 0 Å². The highest BCUT2D eigenvalue weighted by atomic mass is 15.2. The van der Waals surface area contributed by atoms with Gasteiger partial charge in [0, 0.05) is 36.8 Å². The molecule has 0 amide bonds. The van der Waals surface area contributed by atoms with Crippen molar-refractivity contribution in [3.05, 3.63) is 36.4 Å². The smallest absolute Gasteiger partial charge is 0.0568 e. The first-order chi connectivity index (χ1) is 7.16. The molecule has 0 fully saturated rings. The van der Waals surface area contributed by atoms with Crippen LogP contribution in [0.2, 0.25) is 0 Å². The summed E-state index contributed by atoms with van der Waals surface area (Å²) < 4.78 is 1.80. The summed E-state index contributed by atoms with van der Waals surface area (Å²) in [5.74, 6) is 0.508. The van der Waals surface area contributed by atoms with Gasteiger partial charge in [-0.25, -0.2) is 0 Å². The van der Waals surface area contributed by atoms with Crippen LogP contribution in [0.1, 0.15) is 25.3 Å². The van der Waals surface area contributed by atoms with Crippen molar-refractivity contribution in [3.63, 3.8) is 0 Å². The fourth-order valence-corrected chi connectivity index (χ4v) is 1.50. The number of pyridine rings is 1. The van der Waals surface area contributed by atoms with E-state index in [4.69, 9.17) is 0 Å². The third kappa shape index (κ3) is 2.06. The van der Waals surface area contributed by atoms with Crippen molar-refractivity contribution in [2.75, 3.05) is 0 Å². The van der Waals surface area contributed by atoms with E-state index in [-0.39, 0.29) is 0 Å². The van der Waals surface area contributed by atoms with Gasteiger partial charge in [0.25, 0.3) is 0 Å². The summed E-state index contributed by atoms with van der Waals surface area (Å²) in [5, 5.41) is 4.16. The molecule has 15 heavy (non-hydrogen) atoms. The lowest BCUT2D eigenvalue weighted by Gasteiger charge is -2.05. The molecule has 0 atom stereocenters. The molecule has 0 spiro atoms. The molecule has 0 bridgehead atoms. The second kappa shape index (κ2) is 3.85. The molecular formula is C12H15N3. The minimum absolute atomic E-state index is 0.508. The molecule has 2 aromatic heterocycles. The monoisotopic (exact) mass is 201 g/mol. The van der Waals surface area contributed by atoms with Gasteiger partial charge in [0.15, 0.2) is 0 Å². The van der Waals surface area contributed by atoms with E-state index in [0.717, 1.165) is 11.1 Å². The zero-order valence-electron chi connectivity index (χ0n) is 9.31. The first kappa shape index (κ1) is 9.90. The van der Waals surface area contributed by atoms with Crippen molar-refractivity contribution >= 4 is 0 Å². The van der Waals surface area contributed by atoms with Crippen LogP contribution in [0.15, 0.2) is 30.9 Å². The summed E-state index contributed by atoms with van der Waals surface area (Å²) in [5.41, 5.74) is 3.51. The number of hydrogen-bond acceptors (Lipinski definition) is 2. The van der Waals surface area contributed by atoms with Crippen LogP contribution in [-0.4, -0.2) is 14.8 Å². The maximum Gasteiger partial charge on any atom is 0.0568 e. The number of aryl methyl sites for hydroxylation is 1. The van der Waals surface area contributed by atoms with Crippen LogP contribution in [0.25, 0.3) is 11.1 Å². The minimum atomic E-state index is 0.508. The first-order valence-corrected chi connectivity index (χ1v) is 5.11. The SMILES string of the molecule is CC(C)c1cncc(-c2cnn(C)c2)c1. The Morgan fingerprint density at radius 1 is 1.13 bits per heavy atom. The average molecular weight is 201 g/mol. The molecule has 0 aromatic carbocycles. The van der Waals surface area contributed by atoms with Crippen molar-refractivity contribution in [2.45, 2.75) is 19.8 Å². The molecule has 78 valence electrons. The molecule has 2 rings (SSSR count). The van der Waals surface area contributed by atoms with E-state index in [1.165, 1.54) is 5.56 Å². The second-order valence-corrected chi connectivity index (χ2v) is 4.06. The molecule has 0 saturated carbocycles.